The molecule has 1 amide bonds. The van der Waals surface area contributed by atoms with Crippen LogP contribution in [0.15, 0.2) is 53.3 Å². The quantitative estimate of drug-likeness (QED) is 0.584. The van der Waals surface area contributed by atoms with Crippen LogP contribution in [0.4, 0.5) is 0 Å². The molecule has 6 nitrogen and oxygen atoms in total. The standard InChI is InChI=1S/C25H30N4O2/c1-2-3-15-29(16-23-26-22-13-7-6-12-20(22)25(31)28-23)17-24(30)27-21-14-8-10-18-9-4-5-11-19(18)21/h4-7,9,11-13,21H,2-3,8,10,14-17H2,1H3,(H,27,30)(H,26,28,31)/t21-/m0/s1. The molecule has 1 aliphatic carbocycles. The van der Waals surface area contributed by atoms with Gasteiger partial charge in [0.1, 0.15) is 5.82 Å². The molecule has 31 heavy (non-hydrogen) atoms. The van der Waals surface area contributed by atoms with Gasteiger partial charge in [0.05, 0.1) is 30.0 Å². The summed E-state index contributed by atoms with van der Waals surface area (Å²) in [6.07, 6.45) is 5.15. The first-order valence-corrected chi connectivity index (χ1v) is 11.2. The molecule has 3 aromatic rings. The third kappa shape index (κ3) is 5.20. The highest BCUT2D eigenvalue weighted by Crippen LogP contribution is 2.29. The van der Waals surface area contributed by atoms with Gasteiger partial charge < -0.3 is 10.3 Å². The maximum atomic E-state index is 12.9. The molecule has 0 bridgehead atoms. The van der Waals surface area contributed by atoms with Crippen molar-refractivity contribution in [3.63, 3.8) is 0 Å². The number of amides is 1. The lowest BCUT2D eigenvalue weighted by molar-refractivity contribution is -0.123. The summed E-state index contributed by atoms with van der Waals surface area (Å²) in [6.45, 7) is 3.64. The monoisotopic (exact) mass is 418 g/mol. The van der Waals surface area contributed by atoms with Gasteiger partial charge in [0.2, 0.25) is 5.91 Å². The summed E-state index contributed by atoms with van der Waals surface area (Å²) in [7, 11) is 0. The molecule has 4 rings (SSSR count). The molecule has 6 heteroatoms. The molecule has 1 aliphatic rings. The van der Waals surface area contributed by atoms with E-state index in [2.05, 4.69) is 45.3 Å². The number of nitrogens with zero attached hydrogens (tertiary/aromatic N) is 2. The third-order valence-corrected chi connectivity index (χ3v) is 5.94. The molecule has 2 N–H and O–H groups in total. The average molecular weight is 419 g/mol. The first-order chi connectivity index (χ1) is 15.1. The molecule has 0 unspecified atom stereocenters. The van der Waals surface area contributed by atoms with Gasteiger partial charge in [-0.15, -0.1) is 0 Å². The normalized spacial score (nSPS) is 15.7. The molecule has 0 spiro atoms. The Labute approximate surface area is 182 Å². The molecule has 0 radical (unpaired) electrons. The zero-order chi connectivity index (χ0) is 21.6. The zero-order valence-corrected chi connectivity index (χ0v) is 18.1. The van der Waals surface area contributed by atoms with Crippen molar-refractivity contribution in [3.8, 4) is 0 Å². The van der Waals surface area contributed by atoms with Gasteiger partial charge in [0.25, 0.3) is 5.56 Å². The van der Waals surface area contributed by atoms with Crippen molar-refractivity contribution in [1.82, 2.24) is 20.2 Å². The van der Waals surface area contributed by atoms with Crippen LogP contribution in [-0.4, -0.2) is 33.9 Å². The number of fused-ring (bicyclic) bond motifs is 2. The lowest BCUT2D eigenvalue weighted by Crippen LogP contribution is -2.40. The van der Waals surface area contributed by atoms with Crippen LogP contribution in [0, 0.1) is 0 Å². The number of aromatic nitrogens is 2. The summed E-state index contributed by atoms with van der Waals surface area (Å²) in [4.78, 5) is 34.9. The van der Waals surface area contributed by atoms with E-state index in [9.17, 15) is 9.59 Å². The van der Waals surface area contributed by atoms with Gasteiger partial charge >= 0.3 is 0 Å². The molecule has 0 aliphatic heterocycles. The van der Waals surface area contributed by atoms with Gasteiger partial charge in [0, 0.05) is 0 Å². The van der Waals surface area contributed by atoms with Crippen molar-refractivity contribution >= 4 is 16.8 Å². The van der Waals surface area contributed by atoms with E-state index in [-0.39, 0.29) is 24.1 Å². The number of unbranched alkanes of at least 4 members (excludes halogenated alkanes) is 1. The van der Waals surface area contributed by atoms with Crippen LogP contribution in [0.25, 0.3) is 10.9 Å². The fourth-order valence-electron chi connectivity index (χ4n) is 4.36. The van der Waals surface area contributed by atoms with Gasteiger partial charge in [-0.25, -0.2) is 4.98 Å². The van der Waals surface area contributed by atoms with Crippen molar-refractivity contribution in [2.45, 2.75) is 51.6 Å². The largest absolute Gasteiger partial charge is 0.348 e. The Bertz CT molecular complexity index is 1110. The number of H-pyrrole nitrogens is 1. The van der Waals surface area contributed by atoms with Crippen LogP contribution in [0.3, 0.4) is 0 Å². The Morgan fingerprint density at radius 2 is 2.00 bits per heavy atom. The summed E-state index contributed by atoms with van der Waals surface area (Å²) in [5.74, 6) is 0.608. The smallest absolute Gasteiger partial charge is 0.258 e. The second kappa shape index (κ2) is 9.88. The number of rotatable bonds is 8. The van der Waals surface area contributed by atoms with Crippen LogP contribution in [0.2, 0.25) is 0 Å². The second-order valence-corrected chi connectivity index (χ2v) is 8.31. The second-order valence-electron chi connectivity index (χ2n) is 8.31. The summed E-state index contributed by atoms with van der Waals surface area (Å²) < 4.78 is 0. The number of aromatic amines is 1. The molecule has 0 saturated carbocycles. The van der Waals surface area contributed by atoms with Gasteiger partial charge in [-0.05, 0) is 55.5 Å². The summed E-state index contributed by atoms with van der Waals surface area (Å²) >= 11 is 0. The molecular formula is C25H30N4O2. The van der Waals surface area contributed by atoms with E-state index in [1.165, 1.54) is 11.1 Å². The van der Waals surface area contributed by atoms with Crippen molar-refractivity contribution < 1.29 is 4.79 Å². The van der Waals surface area contributed by atoms with E-state index in [1.54, 1.807) is 6.07 Å². The third-order valence-electron chi connectivity index (χ3n) is 5.94. The van der Waals surface area contributed by atoms with Crippen LogP contribution in [0.5, 0.6) is 0 Å². The maximum absolute atomic E-state index is 12.9. The maximum Gasteiger partial charge on any atom is 0.258 e. The number of aryl methyl sites for hydroxylation is 1. The molecule has 162 valence electrons. The lowest BCUT2D eigenvalue weighted by Gasteiger charge is -2.28. The van der Waals surface area contributed by atoms with Crippen molar-refractivity contribution in [1.29, 1.82) is 0 Å². The predicted octanol–water partition coefficient (Wildman–Crippen LogP) is 3.72. The molecular weight excluding hydrogens is 388 g/mol. The fraction of sp³-hybridized carbons (Fsp3) is 0.400. The Morgan fingerprint density at radius 3 is 2.87 bits per heavy atom. The number of nitrogens with one attached hydrogen (secondary N) is 2. The first-order valence-electron chi connectivity index (χ1n) is 11.2. The Kier molecular flexibility index (Phi) is 6.77. The van der Waals surface area contributed by atoms with Crippen molar-refractivity contribution in [3.05, 3.63) is 75.8 Å². The van der Waals surface area contributed by atoms with Gasteiger partial charge in [-0.2, -0.15) is 0 Å². The summed E-state index contributed by atoms with van der Waals surface area (Å²) in [6, 6.07) is 15.8. The van der Waals surface area contributed by atoms with Gasteiger partial charge in [-0.1, -0.05) is 49.7 Å². The first kappa shape index (κ1) is 21.2. The van der Waals surface area contributed by atoms with Crippen LogP contribution in [-0.2, 0) is 17.8 Å². The summed E-state index contributed by atoms with van der Waals surface area (Å²) in [5.41, 5.74) is 3.11. The SMILES string of the molecule is CCCCN(CC(=O)N[C@H]1CCCc2ccccc21)Cc1nc2ccccc2c(=O)[nH]1. The minimum absolute atomic E-state index is 0.0148. The predicted molar refractivity (Wildman–Crippen MR) is 123 cm³/mol. The number of para-hydroxylation sites is 1. The molecule has 0 fully saturated rings. The number of carbonyl (C=O) groups is 1. The minimum atomic E-state index is -0.140. The number of benzene rings is 2. The van der Waals surface area contributed by atoms with E-state index in [0.29, 0.717) is 23.3 Å². The Hall–Kier alpha value is -2.99. The van der Waals surface area contributed by atoms with Crippen LogP contribution < -0.4 is 10.9 Å². The molecule has 0 saturated heterocycles. The van der Waals surface area contributed by atoms with E-state index in [1.807, 2.05) is 24.3 Å². The molecule has 2 aromatic carbocycles. The molecule has 1 heterocycles. The van der Waals surface area contributed by atoms with Crippen LogP contribution >= 0.6 is 0 Å². The molecule has 1 atom stereocenters. The Morgan fingerprint density at radius 1 is 1.19 bits per heavy atom. The van der Waals surface area contributed by atoms with Gasteiger partial charge in [0.15, 0.2) is 0 Å². The number of hydrogen-bond acceptors (Lipinski definition) is 4. The van der Waals surface area contributed by atoms with E-state index in [0.717, 1.165) is 38.6 Å². The van der Waals surface area contributed by atoms with E-state index in [4.69, 9.17) is 0 Å². The highest BCUT2D eigenvalue weighted by atomic mass is 16.2. The van der Waals surface area contributed by atoms with Crippen molar-refractivity contribution in [2.24, 2.45) is 0 Å². The lowest BCUT2D eigenvalue weighted by atomic mass is 9.88. The highest BCUT2D eigenvalue weighted by Gasteiger charge is 2.22. The van der Waals surface area contributed by atoms with E-state index >= 15 is 0 Å². The number of carbonyl (C=O) groups excluding carboxylic acids is 1. The highest BCUT2D eigenvalue weighted by molar-refractivity contribution is 5.79. The van der Waals surface area contributed by atoms with Crippen LogP contribution in [0.1, 0.15) is 55.6 Å². The topological polar surface area (TPSA) is 78.1 Å². The minimum Gasteiger partial charge on any atom is -0.348 e. The van der Waals surface area contributed by atoms with E-state index < -0.39 is 0 Å². The zero-order valence-electron chi connectivity index (χ0n) is 18.1. The average Bonchev–Trinajstić information content (AvgIpc) is 2.78. The summed E-state index contributed by atoms with van der Waals surface area (Å²) in [5, 5.41) is 3.82. The number of hydrogen-bond donors (Lipinski definition) is 2. The fourth-order valence-corrected chi connectivity index (χ4v) is 4.36. The van der Waals surface area contributed by atoms with Gasteiger partial charge in [-0.3, -0.25) is 14.5 Å². The Balaban J connectivity index is 1.46. The van der Waals surface area contributed by atoms with Crippen molar-refractivity contribution in [2.75, 3.05) is 13.1 Å². The molecule has 1 aromatic heterocycles.